The summed E-state index contributed by atoms with van der Waals surface area (Å²) in [6.45, 7) is 2.79. The van der Waals surface area contributed by atoms with E-state index in [1.165, 1.54) is 13.8 Å². The van der Waals surface area contributed by atoms with Gasteiger partial charge in [0.05, 0.1) is 28.8 Å². The first-order chi connectivity index (χ1) is 8.95. The van der Waals surface area contributed by atoms with Crippen LogP contribution >= 0.6 is 10.7 Å². The average Bonchev–Trinajstić information content (AvgIpc) is 2.70. The van der Waals surface area contributed by atoms with Gasteiger partial charge in [0.15, 0.2) is 9.84 Å². The first-order valence-electron chi connectivity index (χ1n) is 5.33. The lowest BCUT2D eigenvalue weighted by molar-refractivity contribution is -0.392. The fraction of sp³-hybridized carbons (Fsp3) is 0.625. The Kier molecular flexibility index (Phi) is 4.77. The van der Waals surface area contributed by atoms with E-state index in [0.29, 0.717) is 0 Å². The predicted octanol–water partition coefficient (Wildman–Crippen LogP) is 0.542. The molecule has 9 nitrogen and oxygen atoms in total. The number of aromatic nitrogens is 2. The molecule has 20 heavy (non-hydrogen) atoms. The molecule has 0 radical (unpaired) electrons. The zero-order valence-electron chi connectivity index (χ0n) is 10.6. The zero-order valence-corrected chi connectivity index (χ0v) is 12.9. The number of hydrogen-bond donors (Lipinski definition) is 0. The molecular weight excluding hydrogens is 334 g/mol. The zero-order chi connectivity index (χ0) is 15.7. The Balaban J connectivity index is 3.09. The largest absolute Gasteiger partial charge is 0.410 e. The molecular formula is C8H12ClN3O6S2. The Hall–Kier alpha value is -1.20. The van der Waals surface area contributed by atoms with Crippen LogP contribution in [0, 0.1) is 10.1 Å². The van der Waals surface area contributed by atoms with E-state index in [9.17, 15) is 26.9 Å². The van der Waals surface area contributed by atoms with E-state index in [4.69, 9.17) is 10.7 Å². The Labute approximate surface area is 120 Å². The number of hydrogen-bond acceptors (Lipinski definition) is 7. The van der Waals surface area contributed by atoms with Gasteiger partial charge >= 0.3 is 5.82 Å². The van der Waals surface area contributed by atoms with Gasteiger partial charge < -0.3 is 10.1 Å². The summed E-state index contributed by atoms with van der Waals surface area (Å²) in [6, 6.07) is 0. The molecule has 0 aliphatic carbocycles. The van der Waals surface area contributed by atoms with Gasteiger partial charge in [0.1, 0.15) is 0 Å². The molecule has 0 spiro atoms. The van der Waals surface area contributed by atoms with Gasteiger partial charge in [-0.25, -0.2) is 16.8 Å². The summed E-state index contributed by atoms with van der Waals surface area (Å²) in [7, 11) is -2.64. The van der Waals surface area contributed by atoms with Gasteiger partial charge in [-0.15, -0.1) is 0 Å². The van der Waals surface area contributed by atoms with Crippen molar-refractivity contribution in [3.05, 3.63) is 16.3 Å². The van der Waals surface area contributed by atoms with Gasteiger partial charge in [-0.2, -0.15) is 4.68 Å². The van der Waals surface area contributed by atoms with Crippen LogP contribution < -0.4 is 0 Å². The Morgan fingerprint density at radius 3 is 2.30 bits per heavy atom. The molecule has 0 atom stereocenters. The third-order valence-electron chi connectivity index (χ3n) is 2.47. The molecule has 1 aromatic heterocycles. The highest BCUT2D eigenvalue weighted by molar-refractivity contribution is 8.13. The molecule has 0 fully saturated rings. The number of aryl methyl sites for hydroxylation is 1. The molecule has 1 rings (SSSR count). The number of sulfone groups is 1. The summed E-state index contributed by atoms with van der Waals surface area (Å²) in [6.07, 6.45) is 0.844. The summed E-state index contributed by atoms with van der Waals surface area (Å²) in [5, 5.41) is 13.5. The summed E-state index contributed by atoms with van der Waals surface area (Å²) in [5.74, 6) is -1.24. The van der Waals surface area contributed by atoms with E-state index in [0.717, 1.165) is 10.9 Å². The van der Waals surface area contributed by atoms with E-state index in [2.05, 4.69) is 5.10 Å². The summed E-state index contributed by atoms with van der Waals surface area (Å²) in [4.78, 5) is 8.92. The van der Waals surface area contributed by atoms with E-state index < -0.39 is 39.8 Å². The van der Waals surface area contributed by atoms with Crippen LogP contribution in [-0.2, 0) is 25.4 Å². The first kappa shape index (κ1) is 16.9. The van der Waals surface area contributed by atoms with Crippen molar-refractivity contribution in [2.45, 2.75) is 30.5 Å². The van der Waals surface area contributed by atoms with Crippen molar-refractivity contribution in [3.8, 4) is 0 Å². The summed E-state index contributed by atoms with van der Waals surface area (Å²) in [5.41, 5.74) is 0. The monoisotopic (exact) mass is 345 g/mol. The van der Waals surface area contributed by atoms with Crippen molar-refractivity contribution >= 4 is 35.4 Å². The van der Waals surface area contributed by atoms with Crippen molar-refractivity contribution in [2.75, 3.05) is 5.75 Å². The SMILES string of the molecule is CC(C)S(=O)(=O)CCn1cc(S(=O)(=O)Cl)c([N+](=O)[O-])n1. The number of rotatable bonds is 6. The minimum atomic E-state index is -4.33. The van der Waals surface area contributed by atoms with E-state index >= 15 is 0 Å². The smallest absolute Gasteiger partial charge is 0.358 e. The first-order valence-corrected chi connectivity index (χ1v) is 9.35. The fourth-order valence-electron chi connectivity index (χ4n) is 1.26. The Morgan fingerprint density at radius 2 is 1.95 bits per heavy atom. The maximum atomic E-state index is 11.6. The number of halogens is 1. The second-order valence-electron chi connectivity index (χ2n) is 4.19. The molecule has 0 aliphatic rings. The summed E-state index contributed by atoms with van der Waals surface area (Å²) < 4.78 is 46.4. The van der Waals surface area contributed by atoms with Crippen LogP contribution in [0.5, 0.6) is 0 Å². The van der Waals surface area contributed by atoms with Gasteiger partial charge in [-0.1, -0.05) is 0 Å². The number of nitro groups is 1. The summed E-state index contributed by atoms with van der Waals surface area (Å²) >= 11 is 0. The van der Waals surface area contributed by atoms with Gasteiger partial charge in [-0.3, -0.25) is 0 Å². The van der Waals surface area contributed by atoms with Crippen molar-refractivity contribution in [1.82, 2.24) is 9.78 Å². The third kappa shape index (κ3) is 3.90. The van der Waals surface area contributed by atoms with Crippen molar-refractivity contribution in [1.29, 1.82) is 0 Å². The maximum Gasteiger partial charge on any atom is 0.410 e. The minimum Gasteiger partial charge on any atom is -0.358 e. The topological polar surface area (TPSA) is 129 Å². The molecule has 0 aromatic carbocycles. The quantitative estimate of drug-likeness (QED) is 0.418. The lowest BCUT2D eigenvalue weighted by Crippen LogP contribution is -2.21. The lowest BCUT2D eigenvalue weighted by Gasteiger charge is -2.05. The average molecular weight is 346 g/mol. The van der Waals surface area contributed by atoms with Gasteiger partial charge in [-0.05, 0) is 18.8 Å². The van der Waals surface area contributed by atoms with Crippen LogP contribution in [0.25, 0.3) is 0 Å². The second kappa shape index (κ2) is 5.66. The molecule has 1 heterocycles. The van der Waals surface area contributed by atoms with Crippen LogP contribution in [0.3, 0.4) is 0 Å². The molecule has 1 aromatic rings. The van der Waals surface area contributed by atoms with E-state index in [1.807, 2.05) is 0 Å². The van der Waals surface area contributed by atoms with Crippen molar-refractivity contribution in [2.24, 2.45) is 0 Å². The minimum absolute atomic E-state index is 0.201. The highest BCUT2D eigenvalue weighted by Crippen LogP contribution is 2.24. The van der Waals surface area contributed by atoms with Crippen molar-refractivity contribution < 1.29 is 21.8 Å². The second-order valence-corrected chi connectivity index (χ2v) is 9.40. The molecule has 0 saturated heterocycles. The van der Waals surface area contributed by atoms with Crippen LogP contribution in [0.1, 0.15) is 13.8 Å². The predicted molar refractivity (Wildman–Crippen MR) is 70.8 cm³/mol. The fourth-order valence-corrected chi connectivity index (χ4v) is 3.08. The number of nitrogens with zero attached hydrogens (tertiary/aromatic N) is 3. The van der Waals surface area contributed by atoms with Crippen LogP contribution in [0.4, 0.5) is 5.82 Å². The third-order valence-corrected chi connectivity index (χ3v) is 5.97. The molecule has 0 saturated carbocycles. The molecule has 0 N–H and O–H groups in total. The highest BCUT2D eigenvalue weighted by atomic mass is 35.7. The maximum absolute atomic E-state index is 11.6. The molecule has 114 valence electrons. The highest BCUT2D eigenvalue weighted by Gasteiger charge is 2.30. The standard InChI is InChI=1S/C8H12ClN3O6S2/c1-6(2)19(15,16)4-3-11-5-7(20(9,17)18)8(10-11)12(13)14/h5-6H,3-4H2,1-2H3. The Bertz CT molecular complexity index is 721. The molecule has 0 unspecified atom stereocenters. The Morgan fingerprint density at radius 1 is 1.40 bits per heavy atom. The lowest BCUT2D eigenvalue weighted by atomic mass is 10.6. The molecule has 0 bridgehead atoms. The van der Waals surface area contributed by atoms with Crippen LogP contribution in [0.15, 0.2) is 11.1 Å². The normalized spacial score (nSPS) is 12.8. The van der Waals surface area contributed by atoms with E-state index in [-0.39, 0.29) is 12.3 Å². The molecule has 0 aliphatic heterocycles. The van der Waals surface area contributed by atoms with Crippen LogP contribution in [0.2, 0.25) is 0 Å². The van der Waals surface area contributed by atoms with Crippen LogP contribution in [-0.4, -0.2) is 42.5 Å². The molecule has 0 amide bonds. The van der Waals surface area contributed by atoms with Gasteiger partial charge in [0.2, 0.25) is 4.90 Å². The van der Waals surface area contributed by atoms with E-state index in [1.54, 1.807) is 0 Å². The molecule has 12 heteroatoms. The van der Waals surface area contributed by atoms with Gasteiger partial charge in [0.25, 0.3) is 9.05 Å². The van der Waals surface area contributed by atoms with Crippen molar-refractivity contribution in [3.63, 3.8) is 0 Å². The van der Waals surface area contributed by atoms with Gasteiger partial charge in [0, 0.05) is 10.7 Å².